The quantitative estimate of drug-likeness (QED) is 0.659. The van der Waals surface area contributed by atoms with Gasteiger partial charge in [-0.25, -0.2) is 9.97 Å². The molecular formula is C16H13F3N2OS. The summed E-state index contributed by atoms with van der Waals surface area (Å²) in [6.45, 7) is 3.77. The molecule has 0 amide bonds. The molecule has 0 N–H and O–H groups in total. The molecule has 0 aliphatic carbocycles. The summed E-state index contributed by atoms with van der Waals surface area (Å²) < 4.78 is 43.5. The van der Waals surface area contributed by atoms with E-state index in [1.54, 1.807) is 13.2 Å². The fraction of sp³-hybridized carbons (Fsp3) is 0.250. The molecule has 0 bridgehead atoms. The van der Waals surface area contributed by atoms with Crippen molar-refractivity contribution in [3.8, 4) is 17.1 Å². The minimum absolute atomic E-state index is 0.231. The summed E-state index contributed by atoms with van der Waals surface area (Å²) in [6, 6.07) is 5.51. The maximum Gasteiger partial charge on any atom is 0.443 e. The van der Waals surface area contributed by atoms with E-state index in [9.17, 15) is 13.2 Å². The van der Waals surface area contributed by atoms with Crippen LogP contribution in [0.4, 0.5) is 13.2 Å². The summed E-state index contributed by atoms with van der Waals surface area (Å²) in [5.74, 6) is 0.691. The number of rotatable bonds is 2. The molecule has 0 radical (unpaired) electrons. The molecule has 3 nitrogen and oxygen atoms in total. The van der Waals surface area contributed by atoms with Gasteiger partial charge in [0, 0.05) is 16.3 Å². The van der Waals surface area contributed by atoms with Crippen LogP contribution in [0.5, 0.6) is 5.75 Å². The number of alkyl halides is 3. The molecule has 2 aromatic heterocycles. The average molecular weight is 338 g/mol. The highest BCUT2D eigenvalue weighted by molar-refractivity contribution is 7.10. The van der Waals surface area contributed by atoms with Crippen LogP contribution in [0.2, 0.25) is 0 Å². The number of halogens is 3. The first-order valence-electron chi connectivity index (χ1n) is 6.79. The van der Waals surface area contributed by atoms with Gasteiger partial charge >= 0.3 is 6.18 Å². The third kappa shape index (κ3) is 2.76. The van der Waals surface area contributed by atoms with Crippen LogP contribution in [-0.2, 0) is 6.18 Å². The number of benzene rings is 1. The van der Waals surface area contributed by atoms with Gasteiger partial charge in [-0.3, -0.25) is 0 Å². The van der Waals surface area contributed by atoms with Crippen molar-refractivity contribution < 1.29 is 17.9 Å². The number of aryl methyl sites for hydroxylation is 2. The van der Waals surface area contributed by atoms with E-state index in [1.807, 2.05) is 26.0 Å². The van der Waals surface area contributed by atoms with Crippen molar-refractivity contribution in [2.45, 2.75) is 20.0 Å². The molecule has 120 valence electrons. The molecule has 0 atom stereocenters. The predicted octanol–water partition coefficient (Wildman–Crippen LogP) is 5.00. The summed E-state index contributed by atoms with van der Waals surface area (Å²) in [4.78, 5) is 8.18. The Morgan fingerprint density at radius 2 is 1.83 bits per heavy atom. The van der Waals surface area contributed by atoms with Gasteiger partial charge in [-0.05, 0) is 37.6 Å². The van der Waals surface area contributed by atoms with E-state index in [1.165, 1.54) is 5.38 Å². The zero-order chi connectivity index (χ0) is 16.8. The Morgan fingerprint density at radius 1 is 1.09 bits per heavy atom. The summed E-state index contributed by atoms with van der Waals surface area (Å²) in [6.07, 6.45) is -4.44. The van der Waals surface area contributed by atoms with Crippen LogP contribution in [0, 0.1) is 13.8 Å². The van der Waals surface area contributed by atoms with Crippen molar-refractivity contribution in [2.75, 3.05) is 7.11 Å². The monoisotopic (exact) mass is 338 g/mol. The van der Waals surface area contributed by atoms with Gasteiger partial charge in [0.05, 0.1) is 18.3 Å². The first kappa shape index (κ1) is 15.7. The van der Waals surface area contributed by atoms with Crippen molar-refractivity contribution in [1.29, 1.82) is 0 Å². The molecule has 2 heterocycles. The van der Waals surface area contributed by atoms with Crippen LogP contribution >= 0.6 is 11.3 Å². The van der Waals surface area contributed by atoms with E-state index in [0.717, 1.165) is 16.5 Å². The van der Waals surface area contributed by atoms with E-state index in [2.05, 4.69) is 9.97 Å². The Balaban J connectivity index is 2.19. The van der Waals surface area contributed by atoms with E-state index in [-0.39, 0.29) is 5.69 Å². The number of thiazole rings is 1. The fourth-order valence-corrected chi connectivity index (χ4v) is 3.13. The summed E-state index contributed by atoms with van der Waals surface area (Å²) >= 11 is 0.574. The zero-order valence-electron chi connectivity index (χ0n) is 12.7. The van der Waals surface area contributed by atoms with Crippen LogP contribution in [0.1, 0.15) is 16.1 Å². The van der Waals surface area contributed by atoms with Crippen molar-refractivity contribution in [3.05, 3.63) is 39.7 Å². The van der Waals surface area contributed by atoms with E-state index >= 15 is 0 Å². The predicted molar refractivity (Wildman–Crippen MR) is 83.9 cm³/mol. The summed E-state index contributed by atoms with van der Waals surface area (Å²) in [5.41, 5.74) is 3.15. The summed E-state index contributed by atoms with van der Waals surface area (Å²) in [5, 5.41) is 1.46. The van der Waals surface area contributed by atoms with Gasteiger partial charge in [-0.15, -0.1) is 11.3 Å². The Labute approximate surface area is 134 Å². The fourth-order valence-electron chi connectivity index (χ4n) is 2.45. The van der Waals surface area contributed by atoms with E-state index in [0.29, 0.717) is 28.3 Å². The van der Waals surface area contributed by atoms with E-state index in [4.69, 9.17) is 4.74 Å². The number of fused-ring (bicyclic) bond motifs is 1. The molecular weight excluding hydrogens is 325 g/mol. The Morgan fingerprint density at radius 3 is 2.43 bits per heavy atom. The van der Waals surface area contributed by atoms with Crippen molar-refractivity contribution in [1.82, 2.24) is 9.97 Å². The highest BCUT2D eigenvalue weighted by Gasteiger charge is 2.34. The first-order chi connectivity index (χ1) is 10.8. The van der Waals surface area contributed by atoms with E-state index < -0.39 is 11.2 Å². The third-order valence-electron chi connectivity index (χ3n) is 3.62. The highest BCUT2D eigenvalue weighted by atomic mass is 32.1. The Hall–Kier alpha value is -2.15. The lowest BCUT2D eigenvalue weighted by Crippen LogP contribution is -2.03. The molecule has 3 aromatic rings. The SMILES string of the molecule is COc1ccc2c(C)cc(-c3csc(C(F)(F)F)n3)nc2c1C. The molecule has 0 aliphatic heterocycles. The Bertz CT molecular complexity index is 887. The second-order valence-corrected chi connectivity index (χ2v) is 6.01. The molecule has 0 aliphatic rings. The lowest BCUT2D eigenvalue weighted by molar-refractivity contribution is -0.137. The maximum absolute atomic E-state index is 12.7. The zero-order valence-corrected chi connectivity index (χ0v) is 13.5. The molecule has 0 fully saturated rings. The van der Waals surface area contributed by atoms with Gasteiger partial charge in [0.25, 0.3) is 0 Å². The normalized spacial score (nSPS) is 11.9. The maximum atomic E-state index is 12.7. The standard InChI is InChI=1S/C16H13F3N2OS/c1-8-6-11(12-7-23-15(21-12)16(17,18)19)20-14-9(2)13(22-3)5-4-10(8)14/h4-7H,1-3H3. The topological polar surface area (TPSA) is 35.0 Å². The number of pyridine rings is 1. The molecule has 1 aromatic carbocycles. The largest absolute Gasteiger partial charge is 0.496 e. The summed E-state index contributed by atoms with van der Waals surface area (Å²) in [7, 11) is 1.57. The Kier molecular flexibility index (Phi) is 3.75. The van der Waals surface area contributed by atoms with Crippen LogP contribution < -0.4 is 4.74 Å². The smallest absolute Gasteiger partial charge is 0.443 e. The minimum atomic E-state index is -4.44. The van der Waals surface area contributed by atoms with Gasteiger partial charge in [-0.2, -0.15) is 13.2 Å². The van der Waals surface area contributed by atoms with Gasteiger partial charge in [0.1, 0.15) is 11.4 Å². The number of ether oxygens (including phenoxy) is 1. The second kappa shape index (κ2) is 5.49. The van der Waals surface area contributed by atoms with Gasteiger partial charge in [-0.1, -0.05) is 0 Å². The van der Waals surface area contributed by atoms with Gasteiger partial charge < -0.3 is 4.74 Å². The molecule has 23 heavy (non-hydrogen) atoms. The van der Waals surface area contributed by atoms with Crippen LogP contribution in [0.15, 0.2) is 23.6 Å². The lowest BCUT2D eigenvalue weighted by atomic mass is 10.0. The molecule has 3 rings (SSSR count). The number of methoxy groups -OCH3 is 1. The second-order valence-electron chi connectivity index (χ2n) is 5.15. The number of nitrogens with zero attached hydrogens (tertiary/aromatic N) is 2. The van der Waals surface area contributed by atoms with Crippen LogP contribution in [0.3, 0.4) is 0 Å². The molecule has 0 spiro atoms. The van der Waals surface area contributed by atoms with Crippen molar-refractivity contribution >= 4 is 22.2 Å². The van der Waals surface area contributed by atoms with Crippen molar-refractivity contribution in [2.24, 2.45) is 0 Å². The van der Waals surface area contributed by atoms with Gasteiger partial charge in [0.2, 0.25) is 0 Å². The minimum Gasteiger partial charge on any atom is -0.496 e. The van der Waals surface area contributed by atoms with Crippen molar-refractivity contribution in [3.63, 3.8) is 0 Å². The highest BCUT2D eigenvalue weighted by Crippen LogP contribution is 2.35. The number of hydrogen-bond acceptors (Lipinski definition) is 4. The third-order valence-corrected chi connectivity index (χ3v) is 4.51. The average Bonchev–Trinajstić information content (AvgIpc) is 2.98. The molecule has 0 saturated carbocycles. The molecule has 0 saturated heterocycles. The van der Waals surface area contributed by atoms with Crippen LogP contribution in [0.25, 0.3) is 22.3 Å². The molecule has 0 unspecified atom stereocenters. The number of hydrogen-bond donors (Lipinski definition) is 0. The lowest BCUT2D eigenvalue weighted by Gasteiger charge is -2.10. The van der Waals surface area contributed by atoms with Gasteiger partial charge in [0.15, 0.2) is 5.01 Å². The number of aromatic nitrogens is 2. The first-order valence-corrected chi connectivity index (χ1v) is 7.67. The van der Waals surface area contributed by atoms with Crippen LogP contribution in [-0.4, -0.2) is 17.1 Å². The molecule has 7 heteroatoms.